The lowest BCUT2D eigenvalue weighted by Gasteiger charge is -2.32. The Kier molecular flexibility index (Phi) is 3.06. The van der Waals surface area contributed by atoms with Gasteiger partial charge in [-0.3, -0.25) is 0 Å². The number of nitrogens with zero attached hydrogens (tertiary/aromatic N) is 1. The normalized spacial score (nSPS) is 23.9. The second-order valence-corrected chi connectivity index (χ2v) is 6.45. The first-order valence-electron chi connectivity index (χ1n) is 6.96. The summed E-state index contributed by atoms with van der Waals surface area (Å²) in [6, 6.07) is 1.38. The van der Waals surface area contributed by atoms with Gasteiger partial charge < -0.3 is 14.0 Å². The van der Waals surface area contributed by atoms with E-state index in [2.05, 4.69) is 4.98 Å². The number of hydrogen-bond acceptors (Lipinski definition) is 4. The fraction of sp³-hybridized carbons (Fsp3) is 0.643. The molecule has 0 bridgehead atoms. The van der Waals surface area contributed by atoms with E-state index in [0.29, 0.717) is 11.3 Å². The highest BCUT2D eigenvalue weighted by Crippen LogP contribution is 2.37. The summed E-state index contributed by atoms with van der Waals surface area (Å²) >= 11 is 0. The molecule has 3 rings (SSSR count). The largest absolute Gasteiger partial charge is 0.500 e. The number of halogens is 1. The SMILES string of the molecule is CC1(C)OB(c2cc(F)cnc2OC2CC2)OC1(C)C. The van der Waals surface area contributed by atoms with Crippen molar-refractivity contribution >= 4 is 12.6 Å². The van der Waals surface area contributed by atoms with Gasteiger partial charge >= 0.3 is 7.12 Å². The molecule has 6 heteroatoms. The Morgan fingerprint density at radius 3 is 2.40 bits per heavy atom. The van der Waals surface area contributed by atoms with Crippen LogP contribution in [0.5, 0.6) is 5.88 Å². The molecule has 1 saturated carbocycles. The summed E-state index contributed by atoms with van der Waals surface area (Å²) in [7, 11) is -0.656. The maximum atomic E-state index is 13.5. The van der Waals surface area contributed by atoms with Crippen molar-refractivity contribution in [2.24, 2.45) is 0 Å². The number of ether oxygens (including phenoxy) is 1. The lowest BCUT2D eigenvalue weighted by atomic mass is 9.79. The van der Waals surface area contributed by atoms with E-state index in [1.54, 1.807) is 0 Å². The van der Waals surface area contributed by atoms with Crippen molar-refractivity contribution in [2.75, 3.05) is 0 Å². The topological polar surface area (TPSA) is 40.6 Å². The van der Waals surface area contributed by atoms with Crippen LogP contribution in [0.25, 0.3) is 0 Å². The van der Waals surface area contributed by atoms with Gasteiger partial charge in [0.2, 0.25) is 5.88 Å². The van der Waals surface area contributed by atoms with Gasteiger partial charge in [0.15, 0.2) is 0 Å². The van der Waals surface area contributed by atoms with Gasteiger partial charge in [0.1, 0.15) is 11.9 Å². The molecule has 20 heavy (non-hydrogen) atoms. The highest BCUT2D eigenvalue weighted by Gasteiger charge is 2.53. The fourth-order valence-electron chi connectivity index (χ4n) is 2.02. The van der Waals surface area contributed by atoms with E-state index in [1.165, 1.54) is 6.07 Å². The Morgan fingerprint density at radius 1 is 1.25 bits per heavy atom. The Morgan fingerprint density at radius 2 is 1.85 bits per heavy atom. The molecule has 0 aromatic carbocycles. The number of rotatable bonds is 3. The first-order chi connectivity index (χ1) is 9.28. The number of pyridine rings is 1. The summed E-state index contributed by atoms with van der Waals surface area (Å²) in [6.07, 6.45) is 3.38. The van der Waals surface area contributed by atoms with E-state index in [9.17, 15) is 4.39 Å². The molecule has 2 fully saturated rings. The highest BCUT2D eigenvalue weighted by molar-refractivity contribution is 6.63. The van der Waals surface area contributed by atoms with Gasteiger partial charge in [-0.1, -0.05) is 0 Å². The van der Waals surface area contributed by atoms with E-state index in [0.717, 1.165) is 19.0 Å². The minimum Gasteiger partial charge on any atom is -0.475 e. The average molecular weight is 279 g/mol. The van der Waals surface area contributed by atoms with Crippen LogP contribution in [0.4, 0.5) is 4.39 Å². The molecule has 0 spiro atoms. The van der Waals surface area contributed by atoms with Crippen LogP contribution in [0.1, 0.15) is 40.5 Å². The summed E-state index contributed by atoms with van der Waals surface area (Å²) in [4.78, 5) is 4.04. The Labute approximate surface area is 118 Å². The predicted octanol–water partition coefficient (Wildman–Crippen LogP) is 2.06. The molecular weight excluding hydrogens is 260 g/mol. The molecular formula is C14H19BFNO3. The van der Waals surface area contributed by atoms with Gasteiger partial charge in [0, 0.05) is 5.46 Å². The Bertz CT molecular complexity index is 515. The maximum Gasteiger partial charge on any atom is 0.500 e. The number of aromatic nitrogens is 1. The first kappa shape index (κ1) is 13.8. The van der Waals surface area contributed by atoms with Gasteiger partial charge in [-0.2, -0.15) is 0 Å². The van der Waals surface area contributed by atoms with Crippen molar-refractivity contribution in [3.05, 3.63) is 18.1 Å². The molecule has 0 amide bonds. The van der Waals surface area contributed by atoms with Crippen LogP contribution in [0.15, 0.2) is 12.3 Å². The van der Waals surface area contributed by atoms with Crippen LogP contribution >= 0.6 is 0 Å². The second kappa shape index (κ2) is 4.43. The minimum absolute atomic E-state index is 0.189. The van der Waals surface area contributed by atoms with E-state index < -0.39 is 24.1 Å². The van der Waals surface area contributed by atoms with Crippen LogP contribution in [0.2, 0.25) is 0 Å². The molecule has 1 aliphatic heterocycles. The third-order valence-electron chi connectivity index (χ3n) is 4.16. The summed E-state index contributed by atoms with van der Waals surface area (Å²) in [5.41, 5.74) is -0.419. The van der Waals surface area contributed by atoms with Crippen molar-refractivity contribution in [2.45, 2.75) is 57.8 Å². The molecule has 0 N–H and O–H groups in total. The highest BCUT2D eigenvalue weighted by atomic mass is 19.1. The van der Waals surface area contributed by atoms with Gasteiger partial charge in [-0.15, -0.1) is 0 Å². The maximum absolute atomic E-state index is 13.5. The van der Waals surface area contributed by atoms with Crippen molar-refractivity contribution in [3.8, 4) is 5.88 Å². The third-order valence-corrected chi connectivity index (χ3v) is 4.16. The van der Waals surface area contributed by atoms with Crippen LogP contribution in [-0.2, 0) is 9.31 Å². The third kappa shape index (κ3) is 2.42. The molecule has 4 nitrogen and oxygen atoms in total. The molecule has 0 radical (unpaired) electrons. The molecule has 0 unspecified atom stereocenters. The van der Waals surface area contributed by atoms with Crippen LogP contribution in [-0.4, -0.2) is 29.4 Å². The molecule has 2 heterocycles. The van der Waals surface area contributed by atoms with Gasteiger partial charge in [0.25, 0.3) is 0 Å². The molecule has 1 aromatic heterocycles. The van der Waals surface area contributed by atoms with Crippen LogP contribution < -0.4 is 10.2 Å². The minimum atomic E-state index is -0.656. The predicted molar refractivity (Wildman–Crippen MR) is 73.6 cm³/mol. The average Bonchev–Trinajstić information content (AvgIpc) is 3.10. The summed E-state index contributed by atoms with van der Waals surface area (Å²) < 4.78 is 31.1. The number of hydrogen-bond donors (Lipinski definition) is 0. The van der Waals surface area contributed by atoms with Crippen molar-refractivity contribution < 1.29 is 18.4 Å². The van der Waals surface area contributed by atoms with Crippen molar-refractivity contribution in [1.82, 2.24) is 4.98 Å². The molecule has 2 aliphatic rings. The molecule has 1 aromatic rings. The molecule has 1 saturated heterocycles. The summed E-state index contributed by atoms with van der Waals surface area (Å²) in [5.74, 6) is -0.00902. The Balaban J connectivity index is 1.91. The van der Waals surface area contributed by atoms with Crippen LogP contribution in [0.3, 0.4) is 0 Å². The monoisotopic (exact) mass is 279 g/mol. The van der Waals surface area contributed by atoms with Gasteiger partial charge in [-0.05, 0) is 46.6 Å². The van der Waals surface area contributed by atoms with E-state index in [4.69, 9.17) is 14.0 Å². The molecule has 1 aliphatic carbocycles. The Hall–Kier alpha value is -1.14. The molecule has 108 valence electrons. The van der Waals surface area contributed by atoms with Crippen molar-refractivity contribution in [1.29, 1.82) is 0 Å². The zero-order chi connectivity index (χ0) is 14.5. The summed E-state index contributed by atoms with van der Waals surface area (Å²) in [5, 5.41) is 0. The summed E-state index contributed by atoms with van der Waals surface area (Å²) in [6.45, 7) is 7.84. The second-order valence-electron chi connectivity index (χ2n) is 6.45. The van der Waals surface area contributed by atoms with Crippen molar-refractivity contribution in [3.63, 3.8) is 0 Å². The lowest BCUT2D eigenvalue weighted by Crippen LogP contribution is -2.41. The van der Waals surface area contributed by atoms with Crippen LogP contribution in [0, 0.1) is 5.82 Å². The van der Waals surface area contributed by atoms with Gasteiger partial charge in [-0.25, -0.2) is 9.37 Å². The van der Waals surface area contributed by atoms with E-state index in [1.807, 2.05) is 27.7 Å². The quantitative estimate of drug-likeness (QED) is 0.794. The zero-order valence-electron chi connectivity index (χ0n) is 12.3. The first-order valence-corrected chi connectivity index (χ1v) is 6.96. The standard InChI is InChI=1S/C14H19BFNO3/c1-13(2)14(3,4)20-15(19-13)11-7-9(16)8-17-12(11)18-10-5-6-10/h7-8,10H,5-6H2,1-4H3. The molecule has 0 atom stereocenters. The van der Waals surface area contributed by atoms with E-state index >= 15 is 0 Å². The van der Waals surface area contributed by atoms with Gasteiger partial charge in [0.05, 0.1) is 17.4 Å². The fourth-order valence-corrected chi connectivity index (χ4v) is 2.02. The van der Waals surface area contributed by atoms with E-state index in [-0.39, 0.29) is 6.10 Å². The smallest absolute Gasteiger partial charge is 0.475 e. The lowest BCUT2D eigenvalue weighted by molar-refractivity contribution is 0.00578. The zero-order valence-corrected chi connectivity index (χ0v) is 12.3.